The Morgan fingerprint density at radius 2 is 1.62 bits per heavy atom. The van der Waals surface area contributed by atoms with Crippen molar-refractivity contribution in [2.24, 2.45) is 0 Å². The number of likely N-dealkylation sites (N-methyl/N-ethyl adjacent to an activating group) is 1. The molecule has 214 valence electrons. The third-order valence-corrected chi connectivity index (χ3v) is 8.24. The normalized spacial score (nSPS) is 11.9. The van der Waals surface area contributed by atoms with Crippen molar-refractivity contribution in [2.75, 3.05) is 30.8 Å². The zero-order valence-corrected chi connectivity index (χ0v) is 25.3. The Kier molecular flexibility index (Phi) is 11.1. The molecule has 1 atom stereocenters. The summed E-state index contributed by atoms with van der Waals surface area (Å²) in [6.45, 7) is 1.53. The Morgan fingerprint density at radius 3 is 2.20 bits per heavy atom. The van der Waals surface area contributed by atoms with E-state index in [0.717, 1.165) is 16.1 Å². The average Bonchev–Trinajstić information content (AvgIpc) is 2.91. The fraction of sp³-hybridized carbons (Fsp3) is 0.286. The lowest BCUT2D eigenvalue weighted by Gasteiger charge is -2.33. The van der Waals surface area contributed by atoms with Crippen molar-refractivity contribution in [3.63, 3.8) is 0 Å². The van der Waals surface area contributed by atoms with Gasteiger partial charge in [-0.25, -0.2) is 8.42 Å². The first kappa shape index (κ1) is 31.5. The van der Waals surface area contributed by atoms with Crippen LogP contribution in [-0.2, 0) is 32.6 Å². The van der Waals surface area contributed by atoms with Gasteiger partial charge in [-0.15, -0.1) is 0 Å². The van der Waals surface area contributed by atoms with Crippen LogP contribution in [0.15, 0.2) is 66.7 Å². The summed E-state index contributed by atoms with van der Waals surface area (Å²) < 4.78 is 31.8. The van der Waals surface area contributed by atoms with E-state index in [0.29, 0.717) is 22.9 Å². The van der Waals surface area contributed by atoms with Crippen LogP contribution in [0.4, 0.5) is 5.69 Å². The quantitative estimate of drug-likeness (QED) is 0.298. The van der Waals surface area contributed by atoms with Crippen molar-refractivity contribution in [3.05, 3.63) is 92.9 Å². The molecule has 2 amide bonds. The lowest BCUT2D eigenvalue weighted by molar-refractivity contribution is -0.140. The number of halogens is 3. The van der Waals surface area contributed by atoms with E-state index in [4.69, 9.17) is 39.5 Å². The number of carbonyl (C=O) groups excluding carboxylic acids is 2. The smallest absolute Gasteiger partial charge is 0.244 e. The molecular weight excluding hydrogens is 597 g/mol. The molecule has 1 N–H and O–H groups in total. The third kappa shape index (κ3) is 8.27. The van der Waals surface area contributed by atoms with E-state index in [2.05, 4.69) is 5.32 Å². The molecule has 0 radical (unpaired) electrons. The molecule has 40 heavy (non-hydrogen) atoms. The molecule has 3 aromatic carbocycles. The molecule has 3 aromatic rings. The van der Waals surface area contributed by atoms with Gasteiger partial charge in [0.1, 0.15) is 18.3 Å². The molecule has 0 aliphatic carbocycles. The summed E-state index contributed by atoms with van der Waals surface area (Å²) in [4.78, 5) is 28.7. The van der Waals surface area contributed by atoms with Crippen LogP contribution in [-0.4, -0.2) is 57.6 Å². The summed E-state index contributed by atoms with van der Waals surface area (Å²) >= 11 is 18.6. The molecule has 8 nitrogen and oxygen atoms in total. The van der Waals surface area contributed by atoms with Gasteiger partial charge in [-0.05, 0) is 48.4 Å². The van der Waals surface area contributed by atoms with E-state index < -0.39 is 28.5 Å². The molecule has 0 heterocycles. The van der Waals surface area contributed by atoms with Crippen LogP contribution >= 0.6 is 34.8 Å². The number of benzene rings is 3. The van der Waals surface area contributed by atoms with Gasteiger partial charge in [0, 0.05) is 19.5 Å². The Hall–Kier alpha value is -2.98. The maximum absolute atomic E-state index is 14.0. The number of hydrogen-bond acceptors (Lipinski definition) is 5. The van der Waals surface area contributed by atoms with Gasteiger partial charge in [0.2, 0.25) is 21.8 Å². The Morgan fingerprint density at radius 1 is 0.925 bits per heavy atom. The Labute approximate surface area is 249 Å². The van der Waals surface area contributed by atoms with Crippen LogP contribution in [0.5, 0.6) is 5.75 Å². The van der Waals surface area contributed by atoms with Gasteiger partial charge in [-0.3, -0.25) is 13.9 Å². The minimum atomic E-state index is -3.94. The lowest BCUT2D eigenvalue weighted by Crippen LogP contribution is -2.53. The Bertz CT molecular complexity index is 1450. The molecule has 12 heteroatoms. The number of hydrogen-bond donors (Lipinski definition) is 1. The van der Waals surface area contributed by atoms with E-state index in [-0.39, 0.29) is 34.6 Å². The van der Waals surface area contributed by atoms with Crippen molar-refractivity contribution in [1.82, 2.24) is 10.2 Å². The number of carbonyl (C=O) groups is 2. The van der Waals surface area contributed by atoms with E-state index in [1.165, 1.54) is 30.2 Å². The SMILES string of the molecule is CCNC(=O)[C@H](Cc1ccccc1)N(Cc1ccc(Cl)c(Cl)c1)C(=O)CN(c1ccc(OC)c(Cl)c1)S(C)(=O)=O. The van der Waals surface area contributed by atoms with Crippen molar-refractivity contribution in [2.45, 2.75) is 25.9 Å². The van der Waals surface area contributed by atoms with Crippen LogP contribution in [0.3, 0.4) is 0 Å². The van der Waals surface area contributed by atoms with E-state index >= 15 is 0 Å². The van der Waals surface area contributed by atoms with Gasteiger partial charge in [-0.1, -0.05) is 71.2 Å². The molecule has 0 aliphatic heterocycles. The van der Waals surface area contributed by atoms with Gasteiger partial charge >= 0.3 is 0 Å². The first-order chi connectivity index (χ1) is 18.9. The second-order valence-corrected chi connectivity index (χ2v) is 12.1. The first-order valence-corrected chi connectivity index (χ1v) is 15.3. The number of nitrogens with one attached hydrogen (secondary N) is 1. The molecule has 0 saturated heterocycles. The fourth-order valence-corrected chi connectivity index (χ4v) is 5.52. The van der Waals surface area contributed by atoms with Crippen LogP contribution in [0, 0.1) is 0 Å². The monoisotopic (exact) mass is 625 g/mol. The minimum Gasteiger partial charge on any atom is -0.495 e. The minimum absolute atomic E-state index is 0.0225. The van der Waals surface area contributed by atoms with Crippen molar-refractivity contribution in [1.29, 1.82) is 0 Å². The zero-order chi connectivity index (χ0) is 29.4. The summed E-state index contributed by atoms with van der Waals surface area (Å²) in [7, 11) is -2.50. The number of nitrogens with zero attached hydrogens (tertiary/aromatic N) is 2. The average molecular weight is 627 g/mol. The fourth-order valence-electron chi connectivity index (χ4n) is 4.10. The highest BCUT2D eigenvalue weighted by Gasteiger charge is 2.33. The van der Waals surface area contributed by atoms with Crippen LogP contribution in [0.25, 0.3) is 0 Å². The molecule has 3 rings (SSSR count). The van der Waals surface area contributed by atoms with Gasteiger partial charge < -0.3 is 15.0 Å². The number of amides is 2. The summed E-state index contributed by atoms with van der Waals surface area (Å²) in [5, 5.41) is 3.61. The second-order valence-electron chi connectivity index (χ2n) is 8.96. The second kappa shape index (κ2) is 14.1. The van der Waals surface area contributed by atoms with Gasteiger partial charge in [0.05, 0.1) is 34.1 Å². The van der Waals surface area contributed by atoms with Gasteiger partial charge in [0.25, 0.3) is 0 Å². The molecule has 0 bridgehead atoms. The first-order valence-electron chi connectivity index (χ1n) is 12.3. The third-order valence-electron chi connectivity index (χ3n) is 6.06. The number of rotatable bonds is 12. The molecule has 0 unspecified atom stereocenters. The molecule has 0 spiro atoms. The topological polar surface area (TPSA) is 96.0 Å². The summed E-state index contributed by atoms with van der Waals surface area (Å²) in [6.07, 6.45) is 1.19. The summed E-state index contributed by atoms with van der Waals surface area (Å²) in [5.74, 6) is -0.626. The summed E-state index contributed by atoms with van der Waals surface area (Å²) in [5.41, 5.74) is 1.62. The van der Waals surface area contributed by atoms with Gasteiger partial charge in [-0.2, -0.15) is 0 Å². The van der Waals surface area contributed by atoms with Crippen molar-refractivity contribution < 1.29 is 22.7 Å². The van der Waals surface area contributed by atoms with E-state index in [1.807, 2.05) is 30.3 Å². The summed E-state index contributed by atoms with van der Waals surface area (Å²) in [6, 6.07) is 17.6. The predicted molar refractivity (Wildman–Crippen MR) is 160 cm³/mol. The number of sulfonamides is 1. The van der Waals surface area contributed by atoms with Crippen molar-refractivity contribution >= 4 is 62.3 Å². The zero-order valence-electron chi connectivity index (χ0n) is 22.2. The highest BCUT2D eigenvalue weighted by Crippen LogP contribution is 2.31. The molecule has 0 fully saturated rings. The Balaban J connectivity index is 2.07. The van der Waals surface area contributed by atoms with E-state index in [9.17, 15) is 18.0 Å². The van der Waals surface area contributed by atoms with Crippen LogP contribution in [0.1, 0.15) is 18.1 Å². The number of ether oxygens (including phenoxy) is 1. The van der Waals surface area contributed by atoms with Crippen LogP contribution in [0.2, 0.25) is 15.1 Å². The highest BCUT2D eigenvalue weighted by atomic mass is 35.5. The maximum atomic E-state index is 14.0. The highest BCUT2D eigenvalue weighted by molar-refractivity contribution is 7.92. The number of methoxy groups -OCH3 is 1. The standard InChI is InChI=1S/C28H30Cl3N3O5S/c1-4-32-28(36)25(15-19-8-6-5-7-9-19)33(17-20-10-12-22(29)23(30)14-20)27(35)18-34(40(3,37)38)21-11-13-26(39-2)24(31)16-21/h5-14,16,25H,4,15,17-18H2,1-3H3,(H,32,36)/t25-/m0/s1. The molecular formula is C28H30Cl3N3O5S. The van der Waals surface area contributed by atoms with Crippen molar-refractivity contribution in [3.8, 4) is 5.75 Å². The largest absolute Gasteiger partial charge is 0.495 e. The predicted octanol–water partition coefficient (Wildman–Crippen LogP) is 5.20. The van der Waals surface area contributed by atoms with Gasteiger partial charge in [0.15, 0.2) is 0 Å². The number of anilines is 1. The molecule has 0 saturated carbocycles. The lowest BCUT2D eigenvalue weighted by atomic mass is 10.0. The van der Waals surface area contributed by atoms with E-state index in [1.54, 1.807) is 25.1 Å². The van der Waals surface area contributed by atoms with Crippen LogP contribution < -0.4 is 14.4 Å². The molecule has 0 aliphatic rings. The molecule has 0 aromatic heterocycles. The maximum Gasteiger partial charge on any atom is 0.244 e.